The molecule has 9 heteroatoms. The van der Waals surface area contributed by atoms with Crippen LogP contribution in [0.2, 0.25) is 0 Å². The summed E-state index contributed by atoms with van der Waals surface area (Å²) in [4.78, 5) is 28.5. The van der Waals surface area contributed by atoms with Gasteiger partial charge in [-0.2, -0.15) is 0 Å². The molecule has 0 saturated heterocycles. The van der Waals surface area contributed by atoms with Crippen molar-refractivity contribution >= 4 is 41.2 Å². The molecule has 7 nitrogen and oxygen atoms in total. The summed E-state index contributed by atoms with van der Waals surface area (Å²) in [6.45, 7) is 4.06. The SMILES string of the molecule is CCOCCCNC(=O)c1cccc(NC(=O)c2csc(CN)n2)c1.Cl. The van der Waals surface area contributed by atoms with Crippen LogP contribution < -0.4 is 16.4 Å². The van der Waals surface area contributed by atoms with Crippen LogP contribution in [0, 0.1) is 0 Å². The van der Waals surface area contributed by atoms with E-state index in [2.05, 4.69) is 15.6 Å². The van der Waals surface area contributed by atoms with Crippen LogP contribution in [0.5, 0.6) is 0 Å². The van der Waals surface area contributed by atoms with Gasteiger partial charge in [-0.1, -0.05) is 6.07 Å². The number of rotatable bonds is 9. The highest BCUT2D eigenvalue weighted by molar-refractivity contribution is 7.09. The third-order valence-electron chi connectivity index (χ3n) is 3.30. The van der Waals surface area contributed by atoms with Gasteiger partial charge in [0.1, 0.15) is 10.7 Å². The van der Waals surface area contributed by atoms with Gasteiger partial charge >= 0.3 is 0 Å². The fourth-order valence-corrected chi connectivity index (χ4v) is 2.72. The van der Waals surface area contributed by atoms with Gasteiger partial charge in [-0.15, -0.1) is 23.7 Å². The minimum absolute atomic E-state index is 0. The second kappa shape index (κ2) is 11.6. The molecule has 0 spiro atoms. The zero-order valence-electron chi connectivity index (χ0n) is 14.5. The van der Waals surface area contributed by atoms with Crippen molar-refractivity contribution in [2.75, 3.05) is 25.1 Å². The lowest BCUT2D eigenvalue weighted by atomic mass is 10.2. The van der Waals surface area contributed by atoms with E-state index in [0.29, 0.717) is 48.3 Å². The van der Waals surface area contributed by atoms with Gasteiger partial charge in [0.05, 0.1) is 0 Å². The predicted octanol–water partition coefficient (Wildman–Crippen LogP) is 2.43. The fourth-order valence-electron chi connectivity index (χ4n) is 2.06. The lowest BCUT2D eigenvalue weighted by Gasteiger charge is -2.08. The van der Waals surface area contributed by atoms with Crippen molar-refractivity contribution in [1.29, 1.82) is 0 Å². The van der Waals surface area contributed by atoms with Crippen molar-refractivity contribution in [3.8, 4) is 0 Å². The molecular weight excluding hydrogens is 376 g/mol. The van der Waals surface area contributed by atoms with Gasteiger partial charge in [-0.05, 0) is 31.5 Å². The van der Waals surface area contributed by atoms with Crippen LogP contribution in [0.4, 0.5) is 5.69 Å². The Bertz CT molecular complexity index is 724. The van der Waals surface area contributed by atoms with E-state index in [9.17, 15) is 9.59 Å². The first-order valence-electron chi connectivity index (χ1n) is 8.06. The maximum atomic E-state index is 12.2. The third kappa shape index (κ3) is 6.72. The molecule has 4 N–H and O–H groups in total. The molecule has 0 saturated carbocycles. The van der Waals surface area contributed by atoms with E-state index in [-0.39, 0.29) is 24.2 Å². The third-order valence-corrected chi connectivity index (χ3v) is 4.17. The van der Waals surface area contributed by atoms with E-state index < -0.39 is 0 Å². The van der Waals surface area contributed by atoms with Crippen molar-refractivity contribution in [3.05, 3.63) is 45.9 Å². The summed E-state index contributed by atoms with van der Waals surface area (Å²) in [6.07, 6.45) is 0.753. The summed E-state index contributed by atoms with van der Waals surface area (Å²) in [5.41, 5.74) is 6.83. The van der Waals surface area contributed by atoms with Gasteiger partial charge in [-0.25, -0.2) is 4.98 Å². The second-order valence-corrected chi connectivity index (χ2v) is 6.11. The first-order valence-corrected chi connectivity index (χ1v) is 8.93. The van der Waals surface area contributed by atoms with Crippen LogP contribution in [0.25, 0.3) is 0 Å². The molecule has 0 unspecified atom stereocenters. The number of anilines is 1. The van der Waals surface area contributed by atoms with E-state index in [1.165, 1.54) is 11.3 Å². The summed E-state index contributed by atoms with van der Waals surface area (Å²) in [5.74, 6) is -0.517. The minimum Gasteiger partial charge on any atom is -0.382 e. The molecule has 2 amide bonds. The molecule has 0 aliphatic carbocycles. The van der Waals surface area contributed by atoms with Crippen molar-refractivity contribution in [1.82, 2.24) is 10.3 Å². The summed E-state index contributed by atoms with van der Waals surface area (Å²) in [6, 6.07) is 6.77. The minimum atomic E-state index is -0.328. The Morgan fingerprint density at radius 2 is 2.12 bits per heavy atom. The Labute approximate surface area is 162 Å². The number of hydrogen-bond donors (Lipinski definition) is 3. The van der Waals surface area contributed by atoms with E-state index in [1.807, 2.05) is 6.92 Å². The average molecular weight is 399 g/mol. The van der Waals surface area contributed by atoms with Crippen LogP contribution in [0.1, 0.15) is 39.2 Å². The topological polar surface area (TPSA) is 106 Å². The Morgan fingerprint density at radius 1 is 1.31 bits per heavy atom. The quantitative estimate of drug-likeness (QED) is 0.562. The highest BCUT2D eigenvalue weighted by Crippen LogP contribution is 2.14. The number of nitrogens with one attached hydrogen (secondary N) is 2. The Morgan fingerprint density at radius 3 is 2.81 bits per heavy atom. The lowest BCUT2D eigenvalue weighted by molar-refractivity contribution is 0.0943. The molecule has 26 heavy (non-hydrogen) atoms. The maximum Gasteiger partial charge on any atom is 0.275 e. The van der Waals surface area contributed by atoms with E-state index in [4.69, 9.17) is 10.5 Å². The molecule has 0 fully saturated rings. The van der Waals surface area contributed by atoms with Gasteiger partial charge in [0, 0.05) is 42.9 Å². The number of benzene rings is 1. The highest BCUT2D eigenvalue weighted by Gasteiger charge is 2.12. The van der Waals surface area contributed by atoms with Crippen molar-refractivity contribution in [3.63, 3.8) is 0 Å². The summed E-state index contributed by atoms with van der Waals surface area (Å²) < 4.78 is 5.22. The number of hydrogen-bond acceptors (Lipinski definition) is 6. The van der Waals surface area contributed by atoms with Gasteiger partial charge < -0.3 is 21.1 Å². The average Bonchev–Trinajstić information content (AvgIpc) is 3.11. The lowest BCUT2D eigenvalue weighted by Crippen LogP contribution is -2.25. The van der Waals surface area contributed by atoms with E-state index in [0.717, 1.165) is 6.42 Å². The molecule has 0 aliphatic rings. The Balaban J connectivity index is 0.00000338. The number of ether oxygens (including phenoxy) is 1. The molecule has 2 rings (SSSR count). The zero-order chi connectivity index (χ0) is 18.1. The van der Waals surface area contributed by atoms with E-state index in [1.54, 1.807) is 29.6 Å². The van der Waals surface area contributed by atoms with Gasteiger partial charge in [0.15, 0.2) is 0 Å². The summed E-state index contributed by atoms with van der Waals surface area (Å²) >= 11 is 1.34. The molecule has 2 aromatic rings. The first kappa shape index (κ1) is 22.0. The predicted molar refractivity (Wildman–Crippen MR) is 105 cm³/mol. The normalized spacial score (nSPS) is 10.1. The highest BCUT2D eigenvalue weighted by atomic mass is 35.5. The van der Waals surface area contributed by atoms with Crippen LogP contribution in [0.15, 0.2) is 29.6 Å². The van der Waals surface area contributed by atoms with Gasteiger partial charge in [0.2, 0.25) is 0 Å². The molecular formula is C17H23ClN4O3S. The van der Waals surface area contributed by atoms with Crippen LogP contribution >= 0.6 is 23.7 Å². The first-order chi connectivity index (χ1) is 12.1. The molecule has 142 valence electrons. The number of nitrogens with two attached hydrogens (primary N) is 1. The van der Waals surface area contributed by atoms with E-state index >= 15 is 0 Å². The molecule has 0 bridgehead atoms. The fraction of sp³-hybridized carbons (Fsp3) is 0.353. The second-order valence-electron chi connectivity index (χ2n) is 5.17. The Kier molecular flexibility index (Phi) is 9.82. The van der Waals surface area contributed by atoms with Crippen molar-refractivity contribution in [2.24, 2.45) is 5.73 Å². The van der Waals surface area contributed by atoms with Crippen molar-refractivity contribution in [2.45, 2.75) is 19.9 Å². The summed E-state index contributed by atoms with van der Waals surface area (Å²) in [7, 11) is 0. The van der Waals surface area contributed by atoms with Crippen LogP contribution in [-0.2, 0) is 11.3 Å². The molecule has 1 aromatic heterocycles. The number of carbonyl (C=O) groups excluding carboxylic acids is 2. The number of carbonyl (C=O) groups is 2. The molecule has 0 aliphatic heterocycles. The largest absolute Gasteiger partial charge is 0.382 e. The van der Waals surface area contributed by atoms with Gasteiger partial charge in [0.25, 0.3) is 11.8 Å². The van der Waals surface area contributed by atoms with Gasteiger partial charge in [-0.3, -0.25) is 9.59 Å². The van der Waals surface area contributed by atoms with Crippen LogP contribution in [-0.4, -0.2) is 36.6 Å². The van der Waals surface area contributed by atoms with Crippen molar-refractivity contribution < 1.29 is 14.3 Å². The molecule has 1 aromatic carbocycles. The molecule has 0 atom stereocenters. The standard InChI is InChI=1S/C17H22N4O3S.ClH/c1-2-24-8-4-7-19-16(22)12-5-3-6-13(9-12)20-17(23)14-11-25-15(10-18)21-14;/h3,5-6,9,11H,2,4,7-8,10,18H2,1H3,(H,19,22)(H,20,23);1H. The molecule has 0 radical (unpaired) electrons. The number of halogens is 1. The summed E-state index contributed by atoms with van der Waals surface area (Å²) in [5, 5.41) is 7.92. The number of nitrogens with zero attached hydrogens (tertiary/aromatic N) is 1. The number of amides is 2. The Hall–Kier alpha value is -2.00. The monoisotopic (exact) mass is 398 g/mol. The number of thiazole rings is 1. The maximum absolute atomic E-state index is 12.2. The van der Waals surface area contributed by atoms with Crippen LogP contribution in [0.3, 0.4) is 0 Å². The molecule has 1 heterocycles. The smallest absolute Gasteiger partial charge is 0.275 e. The zero-order valence-corrected chi connectivity index (χ0v) is 16.1. The number of aromatic nitrogens is 1.